The average molecular weight is 328 g/mol. The van der Waals surface area contributed by atoms with Crippen LogP contribution in [0, 0.1) is 0 Å². The van der Waals surface area contributed by atoms with Gasteiger partial charge in [-0.25, -0.2) is 0 Å². The number of hydrogen-bond acceptors (Lipinski definition) is 2. The number of nitrogens with one attached hydrogen (secondary N) is 1. The molecular formula is C13H12BrClN2O. The molecule has 2 aromatic rings. The third-order valence-electron chi connectivity index (χ3n) is 2.26. The van der Waals surface area contributed by atoms with Crippen molar-refractivity contribution in [2.45, 2.75) is 0 Å². The molecule has 2 rings (SSSR count). The van der Waals surface area contributed by atoms with Crippen molar-refractivity contribution in [2.75, 3.05) is 11.1 Å². The van der Waals surface area contributed by atoms with E-state index in [-0.39, 0.29) is 18.3 Å². The van der Waals surface area contributed by atoms with Crippen LogP contribution in [0.5, 0.6) is 0 Å². The highest BCUT2D eigenvalue weighted by molar-refractivity contribution is 9.10. The molecule has 0 spiro atoms. The summed E-state index contributed by atoms with van der Waals surface area (Å²) >= 11 is 3.34. The van der Waals surface area contributed by atoms with Gasteiger partial charge < -0.3 is 11.1 Å². The summed E-state index contributed by atoms with van der Waals surface area (Å²) in [5.41, 5.74) is 7.54. The SMILES string of the molecule is Cl.Nc1cccc(NC(=O)c2ccccc2Br)c1. The van der Waals surface area contributed by atoms with Crippen LogP contribution in [0.4, 0.5) is 11.4 Å². The molecule has 0 radical (unpaired) electrons. The van der Waals surface area contributed by atoms with E-state index in [9.17, 15) is 4.79 Å². The van der Waals surface area contributed by atoms with Crippen molar-refractivity contribution < 1.29 is 4.79 Å². The maximum Gasteiger partial charge on any atom is 0.256 e. The summed E-state index contributed by atoms with van der Waals surface area (Å²) in [6.07, 6.45) is 0. The zero-order valence-corrected chi connectivity index (χ0v) is 11.8. The van der Waals surface area contributed by atoms with E-state index in [1.165, 1.54) is 0 Å². The van der Waals surface area contributed by atoms with E-state index in [0.29, 0.717) is 16.9 Å². The number of nitrogen functional groups attached to an aromatic ring is 1. The molecule has 18 heavy (non-hydrogen) atoms. The van der Waals surface area contributed by atoms with E-state index in [0.717, 1.165) is 4.47 Å². The molecule has 2 aromatic carbocycles. The molecule has 94 valence electrons. The zero-order chi connectivity index (χ0) is 12.3. The Morgan fingerprint density at radius 1 is 1.11 bits per heavy atom. The minimum Gasteiger partial charge on any atom is -0.399 e. The molecular weight excluding hydrogens is 316 g/mol. The predicted molar refractivity (Wildman–Crippen MR) is 80.2 cm³/mol. The number of hydrogen-bond donors (Lipinski definition) is 2. The summed E-state index contributed by atoms with van der Waals surface area (Å²) in [7, 11) is 0. The highest BCUT2D eigenvalue weighted by atomic mass is 79.9. The van der Waals surface area contributed by atoms with E-state index in [4.69, 9.17) is 5.73 Å². The van der Waals surface area contributed by atoms with Crippen LogP contribution in [-0.4, -0.2) is 5.91 Å². The van der Waals surface area contributed by atoms with Crippen LogP contribution in [-0.2, 0) is 0 Å². The van der Waals surface area contributed by atoms with Crippen LogP contribution >= 0.6 is 28.3 Å². The Morgan fingerprint density at radius 2 is 1.83 bits per heavy atom. The molecule has 3 nitrogen and oxygen atoms in total. The van der Waals surface area contributed by atoms with Crippen molar-refractivity contribution in [1.29, 1.82) is 0 Å². The van der Waals surface area contributed by atoms with E-state index in [1.807, 2.05) is 18.2 Å². The quantitative estimate of drug-likeness (QED) is 0.826. The number of anilines is 2. The summed E-state index contributed by atoms with van der Waals surface area (Å²) in [4.78, 5) is 12.0. The van der Waals surface area contributed by atoms with Gasteiger partial charge in [-0.2, -0.15) is 0 Å². The number of halogens is 2. The molecule has 0 saturated carbocycles. The maximum absolute atomic E-state index is 12.0. The van der Waals surface area contributed by atoms with Gasteiger partial charge in [0.2, 0.25) is 0 Å². The molecule has 3 N–H and O–H groups in total. The van der Waals surface area contributed by atoms with Crippen molar-refractivity contribution >= 4 is 45.6 Å². The molecule has 0 aliphatic carbocycles. The van der Waals surface area contributed by atoms with Crippen LogP contribution in [0.3, 0.4) is 0 Å². The summed E-state index contributed by atoms with van der Waals surface area (Å²) in [6.45, 7) is 0. The third kappa shape index (κ3) is 3.48. The van der Waals surface area contributed by atoms with Gasteiger partial charge in [0.15, 0.2) is 0 Å². The molecule has 0 atom stereocenters. The first-order valence-electron chi connectivity index (χ1n) is 5.08. The van der Waals surface area contributed by atoms with Gasteiger partial charge in [0.25, 0.3) is 5.91 Å². The van der Waals surface area contributed by atoms with Crippen LogP contribution in [0.25, 0.3) is 0 Å². The monoisotopic (exact) mass is 326 g/mol. The number of rotatable bonds is 2. The van der Waals surface area contributed by atoms with Crippen molar-refractivity contribution in [3.63, 3.8) is 0 Å². The van der Waals surface area contributed by atoms with Gasteiger partial charge >= 0.3 is 0 Å². The molecule has 5 heteroatoms. The summed E-state index contributed by atoms with van der Waals surface area (Å²) in [6, 6.07) is 14.3. The largest absolute Gasteiger partial charge is 0.399 e. The standard InChI is InChI=1S/C13H11BrN2O.ClH/c14-12-7-2-1-6-11(12)13(17)16-10-5-3-4-9(15)8-10;/h1-8H,15H2,(H,16,17);1H. The molecule has 0 aliphatic rings. The number of amides is 1. The molecule has 0 fully saturated rings. The number of nitrogens with two attached hydrogens (primary N) is 1. The van der Waals surface area contributed by atoms with Gasteiger partial charge in [0.1, 0.15) is 0 Å². The highest BCUT2D eigenvalue weighted by Gasteiger charge is 2.09. The average Bonchev–Trinajstić information content (AvgIpc) is 2.29. The minimum absolute atomic E-state index is 0. The fourth-order valence-electron chi connectivity index (χ4n) is 1.46. The van der Waals surface area contributed by atoms with Crippen LogP contribution in [0.15, 0.2) is 53.0 Å². The van der Waals surface area contributed by atoms with Gasteiger partial charge in [0.05, 0.1) is 5.56 Å². The van der Waals surface area contributed by atoms with Crippen molar-refractivity contribution in [1.82, 2.24) is 0 Å². The normalized spacial score (nSPS) is 9.39. The Balaban J connectivity index is 0.00000162. The Morgan fingerprint density at radius 3 is 2.50 bits per heavy atom. The lowest BCUT2D eigenvalue weighted by Crippen LogP contribution is -2.12. The first-order chi connectivity index (χ1) is 8.16. The van der Waals surface area contributed by atoms with E-state index in [1.54, 1.807) is 30.3 Å². The molecule has 0 unspecified atom stereocenters. The topological polar surface area (TPSA) is 55.1 Å². The summed E-state index contributed by atoms with van der Waals surface area (Å²) in [5, 5.41) is 2.79. The smallest absolute Gasteiger partial charge is 0.256 e. The maximum atomic E-state index is 12.0. The highest BCUT2D eigenvalue weighted by Crippen LogP contribution is 2.18. The molecule has 1 amide bonds. The molecule has 0 bridgehead atoms. The van der Waals surface area contributed by atoms with E-state index < -0.39 is 0 Å². The molecule has 0 heterocycles. The van der Waals surface area contributed by atoms with Crippen molar-refractivity contribution in [3.8, 4) is 0 Å². The summed E-state index contributed by atoms with van der Waals surface area (Å²) in [5.74, 6) is -0.164. The fourth-order valence-corrected chi connectivity index (χ4v) is 1.93. The number of benzene rings is 2. The molecule has 0 aliphatic heterocycles. The fraction of sp³-hybridized carbons (Fsp3) is 0. The lowest BCUT2D eigenvalue weighted by molar-refractivity contribution is 0.102. The van der Waals surface area contributed by atoms with Crippen LogP contribution < -0.4 is 11.1 Å². The van der Waals surface area contributed by atoms with Gasteiger partial charge in [-0.1, -0.05) is 18.2 Å². The van der Waals surface area contributed by atoms with Gasteiger partial charge in [-0.3, -0.25) is 4.79 Å². The first-order valence-corrected chi connectivity index (χ1v) is 5.87. The minimum atomic E-state index is -0.164. The third-order valence-corrected chi connectivity index (χ3v) is 2.95. The predicted octanol–water partition coefficient (Wildman–Crippen LogP) is 3.71. The van der Waals surface area contributed by atoms with Crippen molar-refractivity contribution in [2.24, 2.45) is 0 Å². The Labute approximate surface area is 120 Å². The Hall–Kier alpha value is -1.52. The second-order valence-electron chi connectivity index (χ2n) is 3.56. The van der Waals surface area contributed by atoms with Gasteiger partial charge in [0, 0.05) is 15.8 Å². The van der Waals surface area contributed by atoms with Gasteiger partial charge in [-0.15, -0.1) is 12.4 Å². The lowest BCUT2D eigenvalue weighted by Gasteiger charge is -2.07. The number of carbonyl (C=O) groups excluding carboxylic acids is 1. The molecule has 0 aromatic heterocycles. The van der Waals surface area contributed by atoms with E-state index in [2.05, 4.69) is 21.2 Å². The Kier molecular flexibility index (Phi) is 5.19. The molecule has 0 saturated heterocycles. The van der Waals surface area contributed by atoms with Crippen LogP contribution in [0.2, 0.25) is 0 Å². The van der Waals surface area contributed by atoms with Crippen molar-refractivity contribution in [3.05, 3.63) is 58.6 Å². The first kappa shape index (κ1) is 14.5. The second-order valence-corrected chi connectivity index (χ2v) is 4.41. The second kappa shape index (κ2) is 6.42. The lowest BCUT2D eigenvalue weighted by atomic mass is 10.2. The van der Waals surface area contributed by atoms with E-state index >= 15 is 0 Å². The number of carbonyl (C=O) groups is 1. The Bertz CT molecular complexity index is 560. The van der Waals surface area contributed by atoms with Gasteiger partial charge in [-0.05, 0) is 46.3 Å². The summed E-state index contributed by atoms with van der Waals surface area (Å²) < 4.78 is 0.765. The van der Waals surface area contributed by atoms with Crippen LogP contribution in [0.1, 0.15) is 10.4 Å². The zero-order valence-electron chi connectivity index (χ0n) is 9.39.